The number of aryl methyl sites for hydroxylation is 1. The molecule has 7 heteroatoms. The fourth-order valence-corrected chi connectivity index (χ4v) is 4.13. The smallest absolute Gasteiger partial charge is 0.273 e. The van der Waals surface area contributed by atoms with Crippen molar-refractivity contribution in [2.75, 3.05) is 0 Å². The van der Waals surface area contributed by atoms with Crippen molar-refractivity contribution in [2.24, 2.45) is 0 Å². The molecule has 154 valence electrons. The number of aromatic amines is 1. The van der Waals surface area contributed by atoms with E-state index in [1.807, 2.05) is 37.3 Å². The molecular weight excluding hydrogens is 392 g/mol. The van der Waals surface area contributed by atoms with Crippen molar-refractivity contribution in [3.05, 3.63) is 94.9 Å². The third-order valence-electron chi connectivity index (χ3n) is 5.53. The van der Waals surface area contributed by atoms with Crippen LogP contribution in [-0.4, -0.2) is 36.2 Å². The van der Waals surface area contributed by atoms with Gasteiger partial charge in [0.1, 0.15) is 22.9 Å². The molecule has 0 unspecified atom stereocenters. The zero-order valence-electron chi connectivity index (χ0n) is 16.8. The van der Waals surface area contributed by atoms with E-state index in [0.29, 0.717) is 29.1 Å². The van der Waals surface area contributed by atoms with Crippen molar-refractivity contribution in [3.8, 4) is 22.8 Å². The Bertz CT molecular complexity index is 1280. The van der Waals surface area contributed by atoms with Crippen LogP contribution in [0.5, 0.6) is 11.5 Å². The minimum absolute atomic E-state index is 0.0905. The van der Waals surface area contributed by atoms with Gasteiger partial charge in [-0.05, 0) is 48.4 Å². The number of hydrogen-bond donors (Lipinski definition) is 3. The quantitative estimate of drug-likeness (QED) is 0.471. The van der Waals surface area contributed by atoms with E-state index < -0.39 is 6.04 Å². The summed E-state index contributed by atoms with van der Waals surface area (Å²) in [5.74, 6) is 0.00832. The number of phenols is 2. The number of hydrogen-bond acceptors (Lipinski definition) is 5. The molecule has 1 aliphatic heterocycles. The van der Waals surface area contributed by atoms with E-state index in [4.69, 9.17) is 0 Å². The first kappa shape index (κ1) is 18.9. The average Bonchev–Trinajstić information content (AvgIpc) is 3.30. The number of H-pyrrole nitrogens is 1. The van der Waals surface area contributed by atoms with Crippen LogP contribution in [0.2, 0.25) is 0 Å². The molecule has 5 rings (SSSR count). The topological polar surface area (TPSA) is 102 Å². The van der Waals surface area contributed by atoms with Crippen LogP contribution in [0.25, 0.3) is 11.3 Å². The maximum absolute atomic E-state index is 13.4. The highest BCUT2D eigenvalue weighted by Crippen LogP contribution is 2.45. The number of aromatic hydroxyl groups is 2. The molecule has 1 atom stereocenters. The predicted octanol–water partition coefficient (Wildman–Crippen LogP) is 3.94. The number of aromatic nitrogens is 3. The van der Waals surface area contributed by atoms with Crippen molar-refractivity contribution in [1.82, 2.24) is 20.1 Å². The van der Waals surface area contributed by atoms with E-state index in [-0.39, 0.29) is 17.4 Å². The number of benzene rings is 2. The molecule has 0 radical (unpaired) electrons. The van der Waals surface area contributed by atoms with Crippen LogP contribution in [0.4, 0.5) is 0 Å². The number of amides is 1. The number of carbonyl (C=O) groups excluding carboxylic acids is 1. The summed E-state index contributed by atoms with van der Waals surface area (Å²) >= 11 is 0. The Labute approximate surface area is 178 Å². The van der Waals surface area contributed by atoms with Crippen LogP contribution < -0.4 is 0 Å². The summed E-state index contributed by atoms with van der Waals surface area (Å²) in [5.41, 5.74) is 4.75. The van der Waals surface area contributed by atoms with E-state index in [9.17, 15) is 15.0 Å². The maximum Gasteiger partial charge on any atom is 0.273 e. The summed E-state index contributed by atoms with van der Waals surface area (Å²) in [5, 5.41) is 27.9. The number of fused-ring (bicyclic) bond motifs is 1. The second-order valence-electron chi connectivity index (χ2n) is 7.67. The van der Waals surface area contributed by atoms with Crippen LogP contribution in [0.1, 0.15) is 38.8 Å². The second-order valence-corrected chi connectivity index (χ2v) is 7.67. The zero-order valence-corrected chi connectivity index (χ0v) is 16.8. The van der Waals surface area contributed by atoms with Gasteiger partial charge in [0.15, 0.2) is 0 Å². The molecule has 3 N–H and O–H groups in total. The first-order chi connectivity index (χ1) is 15.0. The van der Waals surface area contributed by atoms with Gasteiger partial charge in [-0.2, -0.15) is 5.10 Å². The lowest BCUT2D eigenvalue weighted by atomic mass is 9.95. The van der Waals surface area contributed by atoms with Crippen LogP contribution in [0, 0.1) is 6.92 Å². The molecule has 0 aliphatic carbocycles. The molecule has 4 aromatic rings. The van der Waals surface area contributed by atoms with E-state index >= 15 is 0 Å². The number of nitrogens with zero attached hydrogens (tertiary/aromatic N) is 3. The van der Waals surface area contributed by atoms with E-state index in [2.05, 4.69) is 15.2 Å². The SMILES string of the molecule is Cc1ccc(O)c(-c2n[nH]c3c2[C@H](c2cccc(O)c2)N(Cc2cccnc2)C3=O)c1. The standard InChI is InChI=1S/C24H20N4O3/c1-14-7-8-19(30)18(10-14)21-20-22(27-26-21)24(31)28(13-15-4-3-9-25-12-15)23(20)16-5-2-6-17(29)11-16/h2-12,23,29-30H,13H2,1H3,(H,26,27)/t23-/m0/s1. The molecule has 0 saturated heterocycles. The highest BCUT2D eigenvalue weighted by atomic mass is 16.3. The minimum atomic E-state index is -0.483. The molecule has 2 aromatic carbocycles. The fraction of sp³-hybridized carbons (Fsp3) is 0.125. The third kappa shape index (κ3) is 3.20. The number of rotatable bonds is 4. The normalized spacial score (nSPS) is 15.3. The monoisotopic (exact) mass is 412 g/mol. The summed E-state index contributed by atoms with van der Waals surface area (Å²) in [6.07, 6.45) is 3.41. The summed E-state index contributed by atoms with van der Waals surface area (Å²) in [4.78, 5) is 19.3. The fourth-order valence-electron chi connectivity index (χ4n) is 4.13. The molecule has 7 nitrogen and oxygen atoms in total. The van der Waals surface area contributed by atoms with Crippen LogP contribution >= 0.6 is 0 Å². The molecule has 0 bridgehead atoms. The number of pyridine rings is 1. The number of nitrogens with one attached hydrogen (secondary N) is 1. The van der Waals surface area contributed by atoms with Gasteiger partial charge in [0.2, 0.25) is 0 Å². The van der Waals surface area contributed by atoms with Crippen molar-refractivity contribution in [1.29, 1.82) is 0 Å². The first-order valence-corrected chi connectivity index (χ1v) is 9.90. The highest BCUT2D eigenvalue weighted by molar-refractivity contribution is 6.00. The van der Waals surface area contributed by atoms with Gasteiger partial charge in [-0.3, -0.25) is 14.9 Å². The van der Waals surface area contributed by atoms with Gasteiger partial charge in [-0.1, -0.05) is 29.8 Å². The van der Waals surface area contributed by atoms with Gasteiger partial charge in [-0.15, -0.1) is 0 Å². The second kappa shape index (κ2) is 7.28. The van der Waals surface area contributed by atoms with Crippen molar-refractivity contribution in [2.45, 2.75) is 19.5 Å². The van der Waals surface area contributed by atoms with Gasteiger partial charge in [0.25, 0.3) is 5.91 Å². The lowest BCUT2D eigenvalue weighted by Crippen LogP contribution is -2.29. The first-order valence-electron chi connectivity index (χ1n) is 9.90. The summed E-state index contributed by atoms with van der Waals surface area (Å²) < 4.78 is 0. The Morgan fingerprint density at radius 1 is 1.10 bits per heavy atom. The van der Waals surface area contributed by atoms with Gasteiger partial charge in [-0.25, -0.2) is 0 Å². The van der Waals surface area contributed by atoms with Gasteiger partial charge < -0.3 is 15.1 Å². The average molecular weight is 412 g/mol. The maximum atomic E-state index is 13.4. The van der Waals surface area contributed by atoms with Crippen LogP contribution in [-0.2, 0) is 6.54 Å². The van der Waals surface area contributed by atoms with E-state index in [1.54, 1.807) is 41.6 Å². The number of phenolic OH excluding ortho intramolecular Hbond substituents is 2. The van der Waals surface area contributed by atoms with E-state index in [1.165, 1.54) is 0 Å². The molecule has 31 heavy (non-hydrogen) atoms. The van der Waals surface area contributed by atoms with Gasteiger partial charge in [0, 0.05) is 30.1 Å². The molecule has 3 heterocycles. The predicted molar refractivity (Wildman–Crippen MR) is 114 cm³/mol. The lowest BCUT2D eigenvalue weighted by Gasteiger charge is -2.26. The molecular formula is C24H20N4O3. The molecule has 0 fully saturated rings. The Morgan fingerprint density at radius 3 is 2.74 bits per heavy atom. The number of carbonyl (C=O) groups is 1. The third-order valence-corrected chi connectivity index (χ3v) is 5.53. The lowest BCUT2D eigenvalue weighted by molar-refractivity contribution is 0.0729. The van der Waals surface area contributed by atoms with Crippen molar-refractivity contribution >= 4 is 5.91 Å². The summed E-state index contributed by atoms with van der Waals surface area (Å²) in [7, 11) is 0. The van der Waals surface area contributed by atoms with Crippen molar-refractivity contribution < 1.29 is 15.0 Å². The minimum Gasteiger partial charge on any atom is -0.508 e. The molecule has 1 aliphatic rings. The summed E-state index contributed by atoms with van der Waals surface area (Å²) in [6, 6.07) is 15.4. The van der Waals surface area contributed by atoms with Crippen molar-refractivity contribution in [3.63, 3.8) is 0 Å². The highest BCUT2D eigenvalue weighted by Gasteiger charge is 2.42. The largest absolute Gasteiger partial charge is 0.508 e. The molecule has 0 saturated carbocycles. The summed E-state index contributed by atoms with van der Waals surface area (Å²) in [6.45, 7) is 2.27. The molecule has 2 aromatic heterocycles. The Hall–Kier alpha value is -4.13. The Kier molecular flexibility index (Phi) is 4.43. The van der Waals surface area contributed by atoms with Crippen LogP contribution in [0.15, 0.2) is 67.0 Å². The van der Waals surface area contributed by atoms with Gasteiger partial charge >= 0.3 is 0 Å². The molecule has 1 amide bonds. The Balaban J connectivity index is 1.69. The van der Waals surface area contributed by atoms with Crippen LogP contribution in [0.3, 0.4) is 0 Å². The Morgan fingerprint density at radius 2 is 1.97 bits per heavy atom. The van der Waals surface area contributed by atoms with Gasteiger partial charge in [0.05, 0.1) is 6.04 Å². The molecule has 0 spiro atoms. The zero-order chi connectivity index (χ0) is 21.5. The van der Waals surface area contributed by atoms with E-state index in [0.717, 1.165) is 16.7 Å².